The standard InChI is InChI=1S/C3Cl2NS.CH2O2.Na/c4-2-1-7-6-3(2)5;2-1-3;/h;1H,(H,2,3);/q-1;;+1. The minimum absolute atomic E-state index is 0. The van der Waals surface area contributed by atoms with Crippen LogP contribution < -0.4 is 29.6 Å². The average Bonchev–Trinajstić information content (AvgIpc) is 2.19. The zero-order valence-electron chi connectivity index (χ0n) is 5.54. The van der Waals surface area contributed by atoms with Crippen LogP contribution >= 0.6 is 34.7 Å². The summed E-state index contributed by atoms with van der Waals surface area (Å²) < 4.78 is 3.64. The smallest absolute Gasteiger partial charge is 0.483 e. The van der Waals surface area contributed by atoms with Gasteiger partial charge in [-0.15, -0.1) is 17.0 Å². The zero-order chi connectivity index (χ0) is 7.98. The van der Waals surface area contributed by atoms with E-state index in [-0.39, 0.29) is 36.0 Å². The van der Waals surface area contributed by atoms with Crippen LogP contribution in [0.5, 0.6) is 0 Å². The quantitative estimate of drug-likeness (QED) is 0.346. The molecule has 1 aromatic rings. The normalized spacial score (nSPS) is 7.09. The molecule has 0 bridgehead atoms. The SMILES string of the molecule is Clc1[c-]snc1Cl.O=CO.[Na+]. The molecule has 1 aromatic heterocycles. The van der Waals surface area contributed by atoms with Gasteiger partial charge in [-0.1, -0.05) is 5.02 Å². The maximum Gasteiger partial charge on any atom is 1.00 e. The average molecular weight is 222 g/mol. The molecule has 1 heterocycles. The van der Waals surface area contributed by atoms with Gasteiger partial charge in [-0.2, -0.15) is 23.1 Å². The summed E-state index contributed by atoms with van der Waals surface area (Å²) in [4.78, 5) is 8.36. The molecular weight excluding hydrogens is 220 g/mol. The maximum atomic E-state index is 8.36. The second-order valence-corrected chi connectivity index (χ2v) is 2.30. The van der Waals surface area contributed by atoms with Crippen molar-refractivity contribution in [1.29, 1.82) is 0 Å². The summed E-state index contributed by atoms with van der Waals surface area (Å²) in [7, 11) is 0. The van der Waals surface area contributed by atoms with Crippen molar-refractivity contribution in [2.45, 2.75) is 0 Å². The predicted molar refractivity (Wildman–Crippen MR) is 39.7 cm³/mol. The van der Waals surface area contributed by atoms with Crippen molar-refractivity contribution < 1.29 is 39.5 Å². The molecule has 1 N–H and O–H groups in total. The first-order valence-corrected chi connectivity index (χ1v) is 3.51. The second kappa shape index (κ2) is 8.77. The Morgan fingerprint density at radius 1 is 1.64 bits per heavy atom. The summed E-state index contributed by atoms with van der Waals surface area (Å²) in [5.41, 5.74) is 0. The number of rotatable bonds is 0. The van der Waals surface area contributed by atoms with Crippen molar-refractivity contribution in [3.05, 3.63) is 15.6 Å². The van der Waals surface area contributed by atoms with E-state index in [2.05, 4.69) is 9.75 Å². The van der Waals surface area contributed by atoms with Gasteiger partial charge in [0.25, 0.3) is 6.47 Å². The van der Waals surface area contributed by atoms with Crippen LogP contribution in [0.1, 0.15) is 0 Å². The fraction of sp³-hybridized carbons (Fsp3) is 0. The molecule has 56 valence electrons. The summed E-state index contributed by atoms with van der Waals surface area (Å²) in [6, 6.07) is 0. The number of hydrogen-bond donors (Lipinski definition) is 1. The number of halogens is 2. The van der Waals surface area contributed by atoms with E-state index in [1.807, 2.05) is 0 Å². The van der Waals surface area contributed by atoms with E-state index in [0.717, 1.165) is 11.5 Å². The van der Waals surface area contributed by atoms with E-state index in [0.29, 0.717) is 10.2 Å². The Hall–Kier alpha value is 0.680. The van der Waals surface area contributed by atoms with Crippen molar-refractivity contribution >= 4 is 41.2 Å². The van der Waals surface area contributed by atoms with Gasteiger partial charge in [-0.25, -0.2) is 0 Å². The van der Waals surface area contributed by atoms with Gasteiger partial charge in [0.2, 0.25) is 0 Å². The molecule has 0 saturated heterocycles. The zero-order valence-corrected chi connectivity index (χ0v) is 9.87. The van der Waals surface area contributed by atoms with E-state index >= 15 is 0 Å². The molecule has 0 aliphatic rings. The first-order chi connectivity index (χ1) is 4.72. The minimum atomic E-state index is -0.250. The molecule has 0 aromatic carbocycles. The molecule has 0 spiro atoms. The topological polar surface area (TPSA) is 50.2 Å². The van der Waals surface area contributed by atoms with Crippen LogP contribution in [-0.4, -0.2) is 16.0 Å². The van der Waals surface area contributed by atoms with Gasteiger partial charge in [0.1, 0.15) is 0 Å². The third-order valence-corrected chi connectivity index (χ3v) is 1.87. The van der Waals surface area contributed by atoms with Crippen molar-refractivity contribution in [3.63, 3.8) is 0 Å². The van der Waals surface area contributed by atoms with Crippen molar-refractivity contribution in [1.82, 2.24) is 4.37 Å². The third kappa shape index (κ3) is 7.05. The van der Waals surface area contributed by atoms with Crippen LogP contribution in [0.4, 0.5) is 0 Å². The molecule has 1 rings (SSSR count). The number of hydrogen-bond acceptors (Lipinski definition) is 3. The van der Waals surface area contributed by atoms with E-state index < -0.39 is 0 Å². The molecule has 7 heteroatoms. The van der Waals surface area contributed by atoms with Gasteiger partial charge in [-0.05, 0) is 0 Å². The van der Waals surface area contributed by atoms with E-state index in [4.69, 9.17) is 33.1 Å². The summed E-state index contributed by atoms with van der Waals surface area (Å²) in [5.74, 6) is 0. The van der Waals surface area contributed by atoms with Crippen LogP contribution in [0, 0.1) is 5.38 Å². The van der Waals surface area contributed by atoms with Gasteiger partial charge in [0.05, 0.1) is 0 Å². The molecule has 0 fully saturated rings. The van der Waals surface area contributed by atoms with Gasteiger partial charge in [0.15, 0.2) is 0 Å². The van der Waals surface area contributed by atoms with E-state index in [9.17, 15) is 0 Å². The fourth-order valence-electron chi connectivity index (χ4n) is 0.185. The minimum Gasteiger partial charge on any atom is -0.483 e. The first kappa shape index (κ1) is 14.2. The number of aromatic nitrogens is 1. The molecule has 0 aliphatic heterocycles. The van der Waals surface area contributed by atoms with Crippen LogP contribution in [0.2, 0.25) is 10.2 Å². The van der Waals surface area contributed by atoms with E-state index in [1.54, 1.807) is 0 Å². The molecule has 0 saturated carbocycles. The maximum absolute atomic E-state index is 8.36. The Morgan fingerprint density at radius 3 is 2.18 bits per heavy atom. The Balaban J connectivity index is 0. The molecule has 11 heavy (non-hydrogen) atoms. The molecule has 0 atom stereocenters. The van der Waals surface area contributed by atoms with Gasteiger partial charge >= 0.3 is 29.6 Å². The van der Waals surface area contributed by atoms with Crippen LogP contribution in [0.15, 0.2) is 0 Å². The largest absolute Gasteiger partial charge is 1.00 e. The molecule has 0 radical (unpaired) electrons. The Bertz CT molecular complexity index is 191. The van der Waals surface area contributed by atoms with Crippen LogP contribution in [-0.2, 0) is 4.79 Å². The van der Waals surface area contributed by atoms with Gasteiger partial charge in [-0.3, -0.25) is 9.17 Å². The van der Waals surface area contributed by atoms with Gasteiger partial charge < -0.3 is 5.11 Å². The Morgan fingerprint density at radius 2 is 2.09 bits per heavy atom. The molecule has 0 amide bonds. The number of carbonyl (C=O) groups is 1. The molecule has 0 unspecified atom stereocenters. The van der Waals surface area contributed by atoms with Crippen molar-refractivity contribution in [2.24, 2.45) is 0 Å². The first-order valence-electron chi connectivity index (χ1n) is 1.98. The Kier molecular flexibility index (Phi) is 11.3. The summed E-state index contributed by atoms with van der Waals surface area (Å²) in [5, 5.41) is 10.3. The Labute approximate surface area is 99.8 Å². The van der Waals surface area contributed by atoms with Crippen LogP contribution in [0.25, 0.3) is 0 Å². The monoisotopic (exact) mass is 221 g/mol. The molecular formula is C4H2Cl2NNaO2S. The summed E-state index contributed by atoms with van der Waals surface area (Å²) in [6.45, 7) is -0.250. The summed E-state index contributed by atoms with van der Waals surface area (Å²) in [6.07, 6.45) is 0. The van der Waals surface area contributed by atoms with E-state index in [1.165, 1.54) is 0 Å². The van der Waals surface area contributed by atoms with Crippen LogP contribution in [0.3, 0.4) is 0 Å². The molecule has 0 aliphatic carbocycles. The van der Waals surface area contributed by atoms with Crippen molar-refractivity contribution in [2.75, 3.05) is 0 Å². The number of nitrogens with zero attached hydrogens (tertiary/aromatic N) is 1. The van der Waals surface area contributed by atoms with Crippen molar-refractivity contribution in [3.8, 4) is 0 Å². The van der Waals surface area contributed by atoms with Gasteiger partial charge in [0, 0.05) is 5.15 Å². The fourth-order valence-corrected chi connectivity index (χ4v) is 0.982. The second-order valence-electron chi connectivity index (χ2n) is 0.995. The number of carboxylic acid groups (broad SMARTS) is 1. The molecule has 3 nitrogen and oxygen atoms in total. The summed E-state index contributed by atoms with van der Waals surface area (Å²) >= 11 is 11.9. The predicted octanol–water partition coefficient (Wildman–Crippen LogP) is -1.05. The third-order valence-electron chi connectivity index (χ3n) is 0.442.